The van der Waals surface area contributed by atoms with Crippen LogP contribution in [0.15, 0.2) is 28.0 Å². The largest absolute Gasteiger partial charge is 0.192 e. The van der Waals surface area contributed by atoms with Crippen molar-refractivity contribution in [3.05, 3.63) is 23.8 Å². The fraction of sp³-hybridized carbons (Fsp3) is 0. The van der Waals surface area contributed by atoms with Crippen LogP contribution in [0.4, 0.5) is 0 Å². The molecule has 0 amide bonds. The molecule has 0 saturated heterocycles. The smallest absolute Gasteiger partial charge is 0.100 e. The Morgan fingerprint density at radius 3 is 3.09 bits per heavy atom. The van der Waals surface area contributed by atoms with E-state index < -0.39 is 0 Å². The van der Waals surface area contributed by atoms with Crippen LogP contribution in [0, 0.1) is 11.3 Å². The van der Waals surface area contributed by atoms with E-state index in [1.165, 1.54) is 23.9 Å². The van der Waals surface area contributed by atoms with E-state index in [0.29, 0.717) is 0 Å². The summed E-state index contributed by atoms with van der Waals surface area (Å²) >= 11 is 2.82. The fourth-order valence-electron chi connectivity index (χ4n) is 0.866. The molecule has 1 aromatic rings. The highest BCUT2D eigenvalue weighted by atomic mass is 32.2. The molecular weight excluding hydrogens is 176 g/mol. The molecule has 0 N–H and O–H groups in total. The van der Waals surface area contributed by atoms with Crippen molar-refractivity contribution in [1.29, 1.82) is 5.26 Å². The fourth-order valence-corrected chi connectivity index (χ4v) is 2.56. The SMILES string of the molecule is N#Cc1cccc2c1S[N]S2. The van der Waals surface area contributed by atoms with Gasteiger partial charge >= 0.3 is 0 Å². The second-order valence-corrected chi connectivity index (χ2v) is 3.81. The average molecular weight is 179 g/mol. The third kappa shape index (κ3) is 1.11. The van der Waals surface area contributed by atoms with E-state index in [4.69, 9.17) is 5.26 Å². The number of hydrogen-bond acceptors (Lipinski definition) is 3. The number of fused-ring (bicyclic) bond motifs is 1. The van der Waals surface area contributed by atoms with Crippen LogP contribution < -0.4 is 4.13 Å². The van der Waals surface area contributed by atoms with Gasteiger partial charge in [-0.25, -0.2) is 0 Å². The van der Waals surface area contributed by atoms with Crippen molar-refractivity contribution in [2.45, 2.75) is 9.79 Å². The third-order valence-corrected chi connectivity index (χ3v) is 3.25. The summed E-state index contributed by atoms with van der Waals surface area (Å²) in [6.45, 7) is 0. The lowest BCUT2D eigenvalue weighted by molar-refractivity contribution is 1.23. The summed E-state index contributed by atoms with van der Waals surface area (Å²) < 4.78 is 4.04. The van der Waals surface area contributed by atoms with E-state index >= 15 is 0 Å². The zero-order chi connectivity index (χ0) is 7.68. The molecule has 0 fully saturated rings. The van der Waals surface area contributed by atoms with Crippen LogP contribution in [0.25, 0.3) is 0 Å². The monoisotopic (exact) mass is 179 g/mol. The maximum atomic E-state index is 8.69. The Morgan fingerprint density at radius 1 is 1.36 bits per heavy atom. The summed E-state index contributed by atoms with van der Waals surface area (Å²) in [5.74, 6) is 0. The molecule has 53 valence electrons. The molecule has 1 heterocycles. The molecule has 11 heavy (non-hydrogen) atoms. The summed E-state index contributed by atoms with van der Waals surface area (Å²) in [4.78, 5) is 2.09. The molecule has 2 rings (SSSR count). The summed E-state index contributed by atoms with van der Waals surface area (Å²) in [6, 6.07) is 7.80. The van der Waals surface area contributed by atoms with Crippen molar-refractivity contribution in [3.8, 4) is 6.07 Å². The Bertz CT molecular complexity index is 330. The molecule has 1 aliphatic heterocycles. The highest BCUT2D eigenvalue weighted by Crippen LogP contribution is 2.40. The van der Waals surface area contributed by atoms with Crippen molar-refractivity contribution in [1.82, 2.24) is 4.13 Å². The van der Waals surface area contributed by atoms with Crippen LogP contribution >= 0.6 is 23.9 Å². The molecule has 1 aromatic carbocycles. The predicted octanol–water partition coefficient (Wildman–Crippen LogP) is 2.19. The Morgan fingerprint density at radius 2 is 2.27 bits per heavy atom. The molecule has 0 atom stereocenters. The number of nitriles is 1. The second kappa shape index (κ2) is 2.78. The number of rotatable bonds is 0. The van der Waals surface area contributed by atoms with E-state index in [0.717, 1.165) is 15.4 Å². The van der Waals surface area contributed by atoms with Crippen molar-refractivity contribution >= 4 is 23.9 Å². The highest BCUT2D eigenvalue weighted by Gasteiger charge is 2.16. The third-order valence-electron chi connectivity index (χ3n) is 1.36. The van der Waals surface area contributed by atoms with E-state index in [2.05, 4.69) is 10.2 Å². The lowest BCUT2D eigenvalue weighted by atomic mass is 10.2. The van der Waals surface area contributed by atoms with E-state index in [1.54, 1.807) is 0 Å². The first-order chi connectivity index (χ1) is 5.42. The van der Waals surface area contributed by atoms with E-state index in [1.807, 2.05) is 18.2 Å². The summed E-state index contributed by atoms with van der Waals surface area (Å²) in [5, 5.41) is 8.69. The Labute approximate surface area is 73.2 Å². The lowest BCUT2D eigenvalue weighted by Gasteiger charge is -1.94. The van der Waals surface area contributed by atoms with Gasteiger partial charge in [-0.05, 0) is 36.0 Å². The minimum absolute atomic E-state index is 0.723. The van der Waals surface area contributed by atoms with Crippen LogP contribution in [0.3, 0.4) is 0 Å². The van der Waals surface area contributed by atoms with Crippen LogP contribution in [-0.2, 0) is 0 Å². The first kappa shape index (κ1) is 7.04. The minimum Gasteiger partial charge on any atom is -0.192 e. The van der Waals surface area contributed by atoms with Gasteiger partial charge in [-0.2, -0.15) is 5.26 Å². The Balaban J connectivity index is 2.61. The molecule has 4 heteroatoms. The van der Waals surface area contributed by atoms with Gasteiger partial charge in [0.1, 0.15) is 6.07 Å². The molecule has 1 radical (unpaired) electrons. The molecule has 0 spiro atoms. The van der Waals surface area contributed by atoms with Crippen LogP contribution in [0.5, 0.6) is 0 Å². The maximum absolute atomic E-state index is 8.69. The van der Waals surface area contributed by atoms with Crippen molar-refractivity contribution in [2.24, 2.45) is 0 Å². The molecule has 0 aliphatic carbocycles. The Kier molecular flexibility index (Phi) is 1.78. The van der Waals surface area contributed by atoms with Gasteiger partial charge in [0.25, 0.3) is 0 Å². The van der Waals surface area contributed by atoms with Crippen LogP contribution in [0.1, 0.15) is 5.56 Å². The quantitative estimate of drug-likeness (QED) is 0.573. The van der Waals surface area contributed by atoms with Crippen molar-refractivity contribution in [2.75, 3.05) is 0 Å². The normalized spacial score (nSPS) is 14.1. The van der Waals surface area contributed by atoms with Gasteiger partial charge in [0.2, 0.25) is 0 Å². The number of benzene rings is 1. The molecule has 2 nitrogen and oxygen atoms in total. The van der Waals surface area contributed by atoms with Gasteiger partial charge in [-0.3, -0.25) is 0 Å². The first-order valence-corrected chi connectivity index (χ1v) is 4.54. The standard InChI is InChI=1S/C7H3N2S2/c8-4-5-2-1-3-6-7(5)11-9-10-6/h1-3H. The van der Waals surface area contributed by atoms with Gasteiger partial charge in [0.05, 0.1) is 10.5 Å². The Hall–Kier alpha value is -0.630. The van der Waals surface area contributed by atoms with Gasteiger partial charge in [-0.15, -0.1) is 0 Å². The molecule has 1 aliphatic rings. The predicted molar refractivity (Wildman–Crippen MR) is 45.0 cm³/mol. The van der Waals surface area contributed by atoms with E-state index in [-0.39, 0.29) is 0 Å². The number of nitrogens with zero attached hydrogens (tertiary/aromatic N) is 2. The zero-order valence-electron chi connectivity index (χ0n) is 5.44. The second-order valence-electron chi connectivity index (χ2n) is 2.00. The summed E-state index contributed by atoms with van der Waals surface area (Å²) in [6.07, 6.45) is 0. The topological polar surface area (TPSA) is 37.9 Å². The molecule has 0 saturated carbocycles. The summed E-state index contributed by atoms with van der Waals surface area (Å²) in [5.41, 5.74) is 0.723. The van der Waals surface area contributed by atoms with Gasteiger partial charge in [-0.1, -0.05) is 10.2 Å². The van der Waals surface area contributed by atoms with Gasteiger partial charge in [0, 0.05) is 4.90 Å². The minimum atomic E-state index is 0.723. The molecule has 0 unspecified atom stereocenters. The lowest BCUT2D eigenvalue weighted by Crippen LogP contribution is -1.78. The van der Waals surface area contributed by atoms with Crippen LogP contribution in [-0.4, -0.2) is 0 Å². The number of hydrogen-bond donors (Lipinski definition) is 0. The maximum Gasteiger partial charge on any atom is 0.100 e. The first-order valence-electron chi connectivity index (χ1n) is 2.99. The summed E-state index contributed by atoms with van der Waals surface area (Å²) in [7, 11) is 0. The van der Waals surface area contributed by atoms with Crippen molar-refractivity contribution in [3.63, 3.8) is 0 Å². The van der Waals surface area contributed by atoms with Crippen LogP contribution in [0.2, 0.25) is 0 Å². The molecule has 0 aromatic heterocycles. The average Bonchev–Trinajstić information content (AvgIpc) is 2.50. The zero-order valence-corrected chi connectivity index (χ0v) is 7.08. The van der Waals surface area contributed by atoms with Gasteiger partial charge < -0.3 is 0 Å². The molecular formula is C7H3N2S2. The van der Waals surface area contributed by atoms with Crippen molar-refractivity contribution < 1.29 is 0 Å². The van der Waals surface area contributed by atoms with Gasteiger partial charge in [0.15, 0.2) is 0 Å². The van der Waals surface area contributed by atoms with E-state index in [9.17, 15) is 0 Å². The highest BCUT2D eigenvalue weighted by molar-refractivity contribution is 8.15. The molecule has 0 bridgehead atoms.